The Morgan fingerprint density at radius 3 is 2.76 bits per heavy atom. The molecular weight excluding hydrogens is 332 g/mol. The summed E-state index contributed by atoms with van der Waals surface area (Å²) in [7, 11) is -3.74. The van der Waals surface area contributed by atoms with Gasteiger partial charge in [0.15, 0.2) is 0 Å². The Kier molecular flexibility index (Phi) is 5.15. The molecule has 1 heterocycles. The molecule has 0 saturated carbocycles. The molecule has 6 nitrogen and oxygen atoms in total. The summed E-state index contributed by atoms with van der Waals surface area (Å²) in [5.74, 6) is 0. The molecule has 0 atom stereocenters. The van der Waals surface area contributed by atoms with Crippen LogP contribution in [-0.2, 0) is 16.6 Å². The number of anilines is 1. The van der Waals surface area contributed by atoms with Crippen molar-refractivity contribution in [3.63, 3.8) is 0 Å². The number of hydrogen-bond acceptors (Lipinski definition) is 6. The normalized spacial score (nSPS) is 11.6. The van der Waals surface area contributed by atoms with Crippen LogP contribution in [0.5, 0.6) is 0 Å². The largest absolute Gasteiger partial charge is 0.313 e. The van der Waals surface area contributed by atoms with E-state index in [1.807, 2.05) is 6.92 Å². The number of sulfonamides is 1. The van der Waals surface area contributed by atoms with Gasteiger partial charge >= 0.3 is 0 Å². The predicted octanol–water partition coefficient (Wildman–Crippen LogP) is 2.41. The Morgan fingerprint density at radius 1 is 1.38 bits per heavy atom. The molecular formula is C12H15ClN4O2S2. The Balaban J connectivity index is 2.40. The quantitative estimate of drug-likeness (QED) is 0.839. The van der Waals surface area contributed by atoms with E-state index in [0.717, 1.165) is 23.4 Å². The predicted molar refractivity (Wildman–Crippen MR) is 84.3 cm³/mol. The Hall–Kier alpha value is -1.22. The molecule has 0 fully saturated rings. The lowest BCUT2D eigenvalue weighted by molar-refractivity contribution is 0.600. The minimum absolute atomic E-state index is 0.151. The Morgan fingerprint density at radius 2 is 2.14 bits per heavy atom. The minimum Gasteiger partial charge on any atom is -0.313 e. The molecule has 0 aliphatic heterocycles. The number of halogens is 1. The summed E-state index contributed by atoms with van der Waals surface area (Å²) in [5.41, 5.74) is 2.97. The molecule has 114 valence electrons. The number of aromatic nitrogens is 2. The number of hydrogen-bond donors (Lipinski definition) is 2. The van der Waals surface area contributed by atoms with Gasteiger partial charge in [0.2, 0.25) is 5.13 Å². The van der Waals surface area contributed by atoms with Crippen LogP contribution in [0.3, 0.4) is 0 Å². The number of benzene rings is 1. The van der Waals surface area contributed by atoms with E-state index in [9.17, 15) is 8.42 Å². The van der Waals surface area contributed by atoms with E-state index in [4.69, 9.17) is 11.6 Å². The van der Waals surface area contributed by atoms with Crippen molar-refractivity contribution in [3.8, 4) is 0 Å². The highest BCUT2D eigenvalue weighted by molar-refractivity contribution is 7.93. The average molecular weight is 347 g/mol. The summed E-state index contributed by atoms with van der Waals surface area (Å²) in [4.78, 5) is 0.151. The van der Waals surface area contributed by atoms with Crippen molar-refractivity contribution in [1.82, 2.24) is 15.5 Å². The topological polar surface area (TPSA) is 84.0 Å². The summed E-state index contributed by atoms with van der Waals surface area (Å²) >= 11 is 7.16. The molecule has 9 heteroatoms. The van der Waals surface area contributed by atoms with Crippen molar-refractivity contribution in [1.29, 1.82) is 0 Å². The molecule has 0 radical (unpaired) electrons. The SMILES string of the molecule is CCNCc1cc(Cl)cc(S(=O)(=O)Nc2nncs2)c1C. The first-order chi connectivity index (χ1) is 9.94. The lowest BCUT2D eigenvalue weighted by Crippen LogP contribution is -2.17. The van der Waals surface area contributed by atoms with Gasteiger partial charge in [-0.1, -0.05) is 29.9 Å². The third-order valence-electron chi connectivity index (χ3n) is 2.87. The van der Waals surface area contributed by atoms with Gasteiger partial charge in [-0.05, 0) is 36.7 Å². The Labute approximate surface area is 132 Å². The lowest BCUT2D eigenvalue weighted by Gasteiger charge is -2.13. The molecule has 0 aliphatic carbocycles. The number of rotatable bonds is 6. The van der Waals surface area contributed by atoms with E-state index in [1.165, 1.54) is 11.6 Å². The van der Waals surface area contributed by atoms with Crippen molar-refractivity contribution in [2.24, 2.45) is 0 Å². The highest BCUT2D eigenvalue weighted by Crippen LogP contribution is 2.26. The zero-order valence-electron chi connectivity index (χ0n) is 11.6. The molecule has 0 unspecified atom stereocenters. The van der Waals surface area contributed by atoms with E-state index in [2.05, 4.69) is 20.2 Å². The van der Waals surface area contributed by atoms with Crippen LogP contribution in [0.15, 0.2) is 22.5 Å². The third kappa shape index (κ3) is 3.91. The summed E-state index contributed by atoms with van der Waals surface area (Å²) in [6, 6.07) is 3.21. The van der Waals surface area contributed by atoms with Crippen LogP contribution in [-0.4, -0.2) is 25.2 Å². The first-order valence-corrected chi connectivity index (χ1v) is 8.97. The second kappa shape index (κ2) is 6.69. The van der Waals surface area contributed by atoms with E-state index >= 15 is 0 Å². The van der Waals surface area contributed by atoms with E-state index in [-0.39, 0.29) is 10.0 Å². The molecule has 1 aromatic heterocycles. The second-order valence-electron chi connectivity index (χ2n) is 4.32. The summed E-state index contributed by atoms with van der Waals surface area (Å²) in [6.45, 7) is 5.09. The fourth-order valence-corrected chi connectivity index (χ4v) is 4.13. The maximum Gasteiger partial charge on any atom is 0.264 e. The maximum absolute atomic E-state index is 12.4. The standard InChI is InChI=1S/C12H15ClN4O2S2/c1-3-14-6-9-4-10(13)5-11(8(9)2)21(18,19)17-12-16-15-7-20-12/h4-5,7,14H,3,6H2,1-2H3,(H,16,17). The van der Waals surface area contributed by atoms with Crippen molar-refractivity contribution in [2.45, 2.75) is 25.3 Å². The third-order valence-corrected chi connectivity index (χ3v) is 5.29. The van der Waals surface area contributed by atoms with Crippen LogP contribution < -0.4 is 10.0 Å². The van der Waals surface area contributed by atoms with E-state index in [1.54, 1.807) is 13.0 Å². The molecule has 0 amide bonds. The smallest absolute Gasteiger partial charge is 0.264 e. The minimum atomic E-state index is -3.74. The van der Waals surface area contributed by atoms with Crippen molar-refractivity contribution >= 4 is 38.1 Å². The number of nitrogens with zero attached hydrogens (tertiary/aromatic N) is 2. The van der Waals surface area contributed by atoms with Gasteiger partial charge in [-0.3, -0.25) is 4.72 Å². The highest BCUT2D eigenvalue weighted by atomic mass is 35.5. The summed E-state index contributed by atoms with van der Waals surface area (Å²) in [5, 5.41) is 11.1. The zero-order chi connectivity index (χ0) is 15.5. The highest BCUT2D eigenvalue weighted by Gasteiger charge is 2.21. The molecule has 2 N–H and O–H groups in total. The van der Waals surface area contributed by atoms with Gasteiger partial charge in [-0.15, -0.1) is 10.2 Å². The monoisotopic (exact) mass is 346 g/mol. The van der Waals surface area contributed by atoms with Gasteiger partial charge in [0.25, 0.3) is 10.0 Å². The van der Waals surface area contributed by atoms with Gasteiger partial charge in [0, 0.05) is 11.6 Å². The zero-order valence-corrected chi connectivity index (χ0v) is 13.9. The fourth-order valence-electron chi connectivity index (χ4n) is 1.82. The summed E-state index contributed by atoms with van der Waals surface area (Å²) < 4.78 is 27.3. The van der Waals surface area contributed by atoms with Crippen LogP contribution in [0.1, 0.15) is 18.1 Å². The Bertz CT molecular complexity index is 717. The van der Waals surface area contributed by atoms with Gasteiger partial charge in [0.05, 0.1) is 4.90 Å². The van der Waals surface area contributed by atoms with Crippen molar-refractivity contribution in [2.75, 3.05) is 11.3 Å². The molecule has 0 bridgehead atoms. The van der Waals surface area contributed by atoms with Gasteiger partial charge < -0.3 is 5.32 Å². The van der Waals surface area contributed by atoms with E-state index < -0.39 is 10.0 Å². The fraction of sp³-hybridized carbons (Fsp3) is 0.333. The molecule has 2 rings (SSSR count). The first kappa shape index (κ1) is 16.2. The average Bonchev–Trinajstić information content (AvgIpc) is 2.91. The number of nitrogens with one attached hydrogen (secondary N) is 2. The van der Waals surface area contributed by atoms with Gasteiger partial charge in [-0.2, -0.15) is 0 Å². The lowest BCUT2D eigenvalue weighted by atomic mass is 10.1. The maximum atomic E-state index is 12.4. The van der Waals surface area contributed by atoms with E-state index in [0.29, 0.717) is 17.1 Å². The molecule has 1 aromatic carbocycles. The van der Waals surface area contributed by atoms with Crippen LogP contribution in [0.4, 0.5) is 5.13 Å². The molecule has 0 aliphatic rings. The van der Waals surface area contributed by atoms with Crippen LogP contribution >= 0.6 is 22.9 Å². The van der Waals surface area contributed by atoms with Gasteiger partial charge in [0.1, 0.15) is 5.51 Å². The molecule has 21 heavy (non-hydrogen) atoms. The molecule has 2 aromatic rings. The molecule has 0 spiro atoms. The molecule has 0 saturated heterocycles. The van der Waals surface area contributed by atoms with Crippen LogP contribution in [0.25, 0.3) is 0 Å². The van der Waals surface area contributed by atoms with Crippen LogP contribution in [0.2, 0.25) is 5.02 Å². The van der Waals surface area contributed by atoms with Crippen molar-refractivity contribution < 1.29 is 8.42 Å². The summed E-state index contributed by atoms with van der Waals surface area (Å²) in [6.07, 6.45) is 0. The van der Waals surface area contributed by atoms with Crippen molar-refractivity contribution in [3.05, 3.63) is 33.8 Å². The first-order valence-electron chi connectivity index (χ1n) is 6.22. The van der Waals surface area contributed by atoms with Gasteiger partial charge in [-0.25, -0.2) is 8.42 Å². The second-order valence-corrected chi connectivity index (χ2v) is 7.24. The van der Waals surface area contributed by atoms with Crippen LogP contribution in [0, 0.1) is 6.92 Å².